The summed E-state index contributed by atoms with van der Waals surface area (Å²) in [6.07, 6.45) is -0.132. The Labute approximate surface area is 179 Å². The highest BCUT2D eigenvalue weighted by molar-refractivity contribution is 6.46. The van der Waals surface area contributed by atoms with Gasteiger partial charge in [-0.25, -0.2) is 9.29 Å². The first-order valence-corrected chi connectivity index (χ1v) is 9.92. The summed E-state index contributed by atoms with van der Waals surface area (Å²) in [4.78, 5) is 28.1. The van der Waals surface area contributed by atoms with Crippen molar-refractivity contribution in [3.05, 3.63) is 95.9 Å². The number of carbonyl (C=O) groups is 2. The standard InChI is InChI=1S/C25H21FN2O3/c1-16(2)31-21-11-7-6-10-20(21)28-24(29)22(17-8-4-3-5-9-17)23(25(28)30)27-19-14-12-18(26)13-15-19/h3-16,27H,1-2H3. The smallest absolute Gasteiger partial charge is 0.282 e. The normalized spacial score (nSPS) is 13.9. The Morgan fingerprint density at radius 3 is 2.16 bits per heavy atom. The number of halogens is 1. The molecule has 0 aliphatic carbocycles. The third-order valence-corrected chi connectivity index (χ3v) is 4.73. The summed E-state index contributed by atoms with van der Waals surface area (Å²) in [5.74, 6) is -0.915. The van der Waals surface area contributed by atoms with Crippen LogP contribution in [0, 0.1) is 5.82 Å². The number of carbonyl (C=O) groups excluding carboxylic acids is 2. The second-order valence-electron chi connectivity index (χ2n) is 7.33. The van der Waals surface area contributed by atoms with Gasteiger partial charge in [-0.15, -0.1) is 0 Å². The highest BCUT2D eigenvalue weighted by Gasteiger charge is 2.41. The lowest BCUT2D eigenvalue weighted by atomic mass is 10.0. The van der Waals surface area contributed by atoms with E-state index in [1.54, 1.807) is 48.5 Å². The van der Waals surface area contributed by atoms with Gasteiger partial charge in [0.2, 0.25) is 0 Å². The molecule has 0 unspecified atom stereocenters. The molecule has 0 spiro atoms. The van der Waals surface area contributed by atoms with Gasteiger partial charge < -0.3 is 10.1 Å². The summed E-state index contributed by atoms with van der Waals surface area (Å²) in [6, 6.07) is 21.5. The van der Waals surface area contributed by atoms with Gasteiger partial charge in [0.25, 0.3) is 11.8 Å². The Hall–Kier alpha value is -3.93. The van der Waals surface area contributed by atoms with Gasteiger partial charge in [0, 0.05) is 5.69 Å². The number of ether oxygens (including phenoxy) is 1. The number of benzene rings is 3. The number of hydrogen-bond donors (Lipinski definition) is 1. The number of nitrogens with one attached hydrogen (secondary N) is 1. The van der Waals surface area contributed by atoms with Crippen molar-refractivity contribution in [1.82, 2.24) is 0 Å². The molecule has 1 N–H and O–H groups in total. The maximum atomic E-state index is 13.5. The summed E-state index contributed by atoms with van der Waals surface area (Å²) in [5.41, 5.74) is 1.85. The SMILES string of the molecule is CC(C)Oc1ccccc1N1C(=O)C(Nc2ccc(F)cc2)=C(c2ccccc2)C1=O. The van der Waals surface area contributed by atoms with Crippen LogP contribution in [0.5, 0.6) is 5.75 Å². The quantitative estimate of drug-likeness (QED) is 0.574. The molecule has 1 heterocycles. The van der Waals surface area contributed by atoms with Crippen molar-refractivity contribution < 1.29 is 18.7 Å². The largest absolute Gasteiger partial charge is 0.489 e. The topological polar surface area (TPSA) is 58.6 Å². The van der Waals surface area contributed by atoms with E-state index in [0.29, 0.717) is 22.7 Å². The van der Waals surface area contributed by atoms with E-state index in [4.69, 9.17) is 4.74 Å². The van der Waals surface area contributed by atoms with Gasteiger partial charge in [-0.3, -0.25) is 9.59 Å². The van der Waals surface area contributed by atoms with Gasteiger partial charge in [-0.05, 0) is 55.8 Å². The highest BCUT2D eigenvalue weighted by atomic mass is 19.1. The second kappa shape index (κ2) is 8.44. The number of nitrogens with zero attached hydrogens (tertiary/aromatic N) is 1. The first-order chi connectivity index (χ1) is 15.0. The lowest BCUT2D eigenvalue weighted by Crippen LogP contribution is -2.33. The molecule has 1 aliphatic heterocycles. The maximum absolute atomic E-state index is 13.5. The number of hydrogen-bond acceptors (Lipinski definition) is 4. The van der Waals surface area contributed by atoms with Gasteiger partial charge in [-0.1, -0.05) is 42.5 Å². The van der Waals surface area contributed by atoms with Gasteiger partial charge >= 0.3 is 0 Å². The molecule has 31 heavy (non-hydrogen) atoms. The molecule has 2 amide bonds. The molecule has 0 radical (unpaired) electrons. The van der Waals surface area contributed by atoms with Crippen molar-refractivity contribution in [3.8, 4) is 5.75 Å². The van der Waals surface area contributed by atoms with E-state index in [1.807, 2.05) is 19.9 Å². The van der Waals surface area contributed by atoms with Crippen LogP contribution in [0.4, 0.5) is 15.8 Å². The maximum Gasteiger partial charge on any atom is 0.282 e. The third kappa shape index (κ3) is 4.05. The monoisotopic (exact) mass is 416 g/mol. The fourth-order valence-corrected chi connectivity index (χ4v) is 3.41. The van der Waals surface area contributed by atoms with Crippen LogP contribution in [0.15, 0.2) is 84.6 Å². The predicted molar refractivity (Wildman–Crippen MR) is 118 cm³/mol. The number of para-hydroxylation sites is 2. The van der Waals surface area contributed by atoms with Crippen molar-refractivity contribution >= 4 is 28.8 Å². The van der Waals surface area contributed by atoms with Gasteiger partial charge in [0.15, 0.2) is 0 Å². The van der Waals surface area contributed by atoms with Crippen LogP contribution in [0.3, 0.4) is 0 Å². The second-order valence-corrected chi connectivity index (χ2v) is 7.33. The molecule has 0 fully saturated rings. The lowest BCUT2D eigenvalue weighted by molar-refractivity contribution is -0.120. The van der Waals surface area contributed by atoms with E-state index in [2.05, 4.69) is 5.32 Å². The molecule has 1 aliphatic rings. The van der Waals surface area contributed by atoms with Crippen LogP contribution >= 0.6 is 0 Å². The van der Waals surface area contributed by atoms with Crippen LogP contribution in [0.25, 0.3) is 5.57 Å². The minimum Gasteiger partial charge on any atom is -0.489 e. The van der Waals surface area contributed by atoms with Gasteiger partial charge in [0.05, 0.1) is 17.4 Å². The summed E-state index contributed by atoms with van der Waals surface area (Å²) in [7, 11) is 0. The molecule has 4 rings (SSSR count). The van der Waals surface area contributed by atoms with Crippen molar-refractivity contribution in [2.75, 3.05) is 10.2 Å². The molecule has 3 aromatic rings. The summed E-state index contributed by atoms with van der Waals surface area (Å²) < 4.78 is 19.2. The Kier molecular flexibility index (Phi) is 5.54. The number of imide groups is 1. The Morgan fingerprint density at radius 2 is 1.48 bits per heavy atom. The summed E-state index contributed by atoms with van der Waals surface area (Å²) in [6.45, 7) is 3.75. The average molecular weight is 416 g/mol. The summed E-state index contributed by atoms with van der Waals surface area (Å²) in [5, 5.41) is 3.02. The van der Waals surface area contributed by atoms with Crippen LogP contribution < -0.4 is 15.0 Å². The fraction of sp³-hybridized carbons (Fsp3) is 0.120. The molecule has 0 atom stereocenters. The first kappa shape index (κ1) is 20.3. The summed E-state index contributed by atoms with van der Waals surface area (Å²) >= 11 is 0. The van der Waals surface area contributed by atoms with Crippen LogP contribution in [-0.2, 0) is 9.59 Å². The van der Waals surface area contributed by atoms with E-state index in [1.165, 1.54) is 24.3 Å². The van der Waals surface area contributed by atoms with Crippen molar-refractivity contribution in [2.45, 2.75) is 20.0 Å². The zero-order chi connectivity index (χ0) is 22.0. The fourth-order valence-electron chi connectivity index (χ4n) is 3.41. The van der Waals surface area contributed by atoms with Crippen molar-refractivity contribution in [2.24, 2.45) is 0 Å². The molecule has 3 aromatic carbocycles. The van der Waals surface area contributed by atoms with E-state index < -0.39 is 17.6 Å². The Morgan fingerprint density at radius 1 is 0.839 bits per heavy atom. The molecular formula is C25H21FN2O3. The Balaban J connectivity index is 1.81. The molecule has 0 bridgehead atoms. The minimum atomic E-state index is -0.506. The molecule has 0 saturated carbocycles. The number of amides is 2. The van der Waals surface area contributed by atoms with E-state index in [-0.39, 0.29) is 17.4 Å². The van der Waals surface area contributed by atoms with Crippen molar-refractivity contribution in [3.63, 3.8) is 0 Å². The van der Waals surface area contributed by atoms with E-state index >= 15 is 0 Å². The van der Waals surface area contributed by atoms with Crippen LogP contribution in [0.1, 0.15) is 19.4 Å². The third-order valence-electron chi connectivity index (χ3n) is 4.73. The van der Waals surface area contributed by atoms with E-state index in [0.717, 1.165) is 4.90 Å². The van der Waals surface area contributed by atoms with Crippen LogP contribution in [0.2, 0.25) is 0 Å². The lowest BCUT2D eigenvalue weighted by Gasteiger charge is -2.20. The van der Waals surface area contributed by atoms with Gasteiger partial charge in [0.1, 0.15) is 17.3 Å². The highest BCUT2D eigenvalue weighted by Crippen LogP contribution is 2.38. The molecule has 5 nitrogen and oxygen atoms in total. The Bertz CT molecular complexity index is 1150. The number of anilines is 2. The zero-order valence-electron chi connectivity index (χ0n) is 17.1. The molecule has 6 heteroatoms. The number of rotatable bonds is 6. The zero-order valence-corrected chi connectivity index (χ0v) is 17.1. The predicted octanol–water partition coefficient (Wildman–Crippen LogP) is 5.01. The molecule has 0 saturated heterocycles. The molecule has 0 aromatic heterocycles. The van der Waals surface area contributed by atoms with Gasteiger partial charge in [-0.2, -0.15) is 0 Å². The van der Waals surface area contributed by atoms with E-state index in [9.17, 15) is 14.0 Å². The average Bonchev–Trinajstić information content (AvgIpc) is 3.00. The minimum absolute atomic E-state index is 0.127. The van der Waals surface area contributed by atoms with Crippen molar-refractivity contribution in [1.29, 1.82) is 0 Å². The van der Waals surface area contributed by atoms with Crippen LogP contribution in [-0.4, -0.2) is 17.9 Å². The molecular weight excluding hydrogens is 395 g/mol. The molecule has 156 valence electrons. The first-order valence-electron chi connectivity index (χ1n) is 9.92.